The Hall–Kier alpha value is -2.56. The molecular weight excluding hydrogens is 314 g/mol. The molecule has 3 heterocycles. The maximum atomic E-state index is 12.8. The molecule has 0 saturated carbocycles. The van der Waals surface area contributed by atoms with Crippen LogP contribution in [-0.2, 0) is 6.42 Å². The zero-order valence-corrected chi connectivity index (χ0v) is 14.4. The highest BCUT2D eigenvalue weighted by atomic mass is 16.5. The van der Waals surface area contributed by atoms with Gasteiger partial charge in [0.2, 0.25) is 0 Å². The van der Waals surface area contributed by atoms with Gasteiger partial charge in [0.15, 0.2) is 0 Å². The zero-order chi connectivity index (χ0) is 17.2. The summed E-state index contributed by atoms with van der Waals surface area (Å²) in [5.41, 5.74) is 3.48. The van der Waals surface area contributed by atoms with Crippen LogP contribution >= 0.6 is 0 Å². The largest absolute Gasteiger partial charge is 0.491 e. The molecule has 5 nitrogen and oxygen atoms in total. The first kappa shape index (κ1) is 15.9. The van der Waals surface area contributed by atoms with Gasteiger partial charge < -0.3 is 15.0 Å². The van der Waals surface area contributed by atoms with E-state index in [-0.39, 0.29) is 18.1 Å². The number of aromatic nitrogens is 1. The topological polar surface area (TPSA) is 54.5 Å². The molecule has 0 aliphatic carbocycles. The predicted octanol–water partition coefficient (Wildman–Crippen LogP) is 3.24. The van der Waals surface area contributed by atoms with Gasteiger partial charge in [0, 0.05) is 18.9 Å². The van der Waals surface area contributed by atoms with E-state index in [9.17, 15) is 4.79 Å². The van der Waals surface area contributed by atoms with Gasteiger partial charge in [0.05, 0.1) is 12.1 Å². The van der Waals surface area contributed by atoms with Crippen LogP contribution in [0, 0.1) is 6.92 Å². The molecule has 0 radical (unpaired) electrons. The summed E-state index contributed by atoms with van der Waals surface area (Å²) in [6, 6.07) is 10.3. The minimum Gasteiger partial charge on any atom is -0.491 e. The van der Waals surface area contributed by atoms with Crippen LogP contribution in [0.1, 0.15) is 35.6 Å². The minimum atomic E-state index is 0.00372. The van der Waals surface area contributed by atoms with E-state index in [0.29, 0.717) is 6.61 Å². The van der Waals surface area contributed by atoms with Crippen molar-refractivity contribution in [3.05, 3.63) is 59.4 Å². The minimum absolute atomic E-state index is 0.00372. The zero-order valence-electron chi connectivity index (χ0n) is 14.4. The lowest BCUT2D eigenvalue weighted by Gasteiger charge is -2.31. The summed E-state index contributed by atoms with van der Waals surface area (Å²) in [5.74, 6) is 0.976. The average Bonchev–Trinajstić information content (AvgIpc) is 3.12. The smallest absolute Gasteiger partial charge is 0.318 e. The number of hydrogen-bond acceptors (Lipinski definition) is 3. The summed E-state index contributed by atoms with van der Waals surface area (Å²) in [6.45, 7) is 3.38. The molecule has 2 amide bonds. The van der Waals surface area contributed by atoms with Crippen molar-refractivity contribution in [1.82, 2.24) is 15.2 Å². The number of nitrogens with one attached hydrogen (secondary N) is 1. The summed E-state index contributed by atoms with van der Waals surface area (Å²) in [5, 5.41) is 3.17. The Labute approximate surface area is 148 Å². The number of aryl methyl sites for hydroxylation is 1. The summed E-state index contributed by atoms with van der Waals surface area (Å²) in [7, 11) is 0. The molecule has 0 bridgehead atoms. The van der Waals surface area contributed by atoms with Gasteiger partial charge in [-0.25, -0.2) is 4.79 Å². The van der Waals surface area contributed by atoms with Crippen LogP contribution in [0.3, 0.4) is 0 Å². The molecule has 1 aromatic heterocycles. The van der Waals surface area contributed by atoms with Crippen molar-refractivity contribution in [3.8, 4) is 5.75 Å². The second-order valence-corrected chi connectivity index (χ2v) is 6.86. The molecular formula is C20H23N3O2. The Morgan fingerprint density at radius 1 is 1.28 bits per heavy atom. The lowest BCUT2D eigenvalue weighted by molar-refractivity contribution is 0.176. The second-order valence-electron chi connectivity index (χ2n) is 6.86. The third-order valence-electron chi connectivity index (χ3n) is 5.12. The predicted molar refractivity (Wildman–Crippen MR) is 95.6 cm³/mol. The van der Waals surface area contributed by atoms with E-state index in [4.69, 9.17) is 4.74 Å². The summed E-state index contributed by atoms with van der Waals surface area (Å²) >= 11 is 0. The van der Waals surface area contributed by atoms with Gasteiger partial charge in [-0.05, 0) is 55.0 Å². The molecule has 1 saturated heterocycles. The number of para-hydroxylation sites is 1. The van der Waals surface area contributed by atoms with E-state index in [1.165, 1.54) is 5.56 Å². The molecule has 2 aromatic rings. The number of carbonyl (C=O) groups is 1. The molecule has 5 heteroatoms. The number of urea groups is 1. The van der Waals surface area contributed by atoms with E-state index in [1.807, 2.05) is 23.1 Å². The van der Waals surface area contributed by atoms with Crippen LogP contribution in [-0.4, -0.2) is 35.1 Å². The lowest BCUT2D eigenvalue weighted by atomic mass is 10.00. The fraction of sp³-hybridized carbons (Fsp3) is 0.400. The van der Waals surface area contributed by atoms with Gasteiger partial charge in [0.25, 0.3) is 0 Å². The first-order valence-corrected chi connectivity index (χ1v) is 8.91. The first-order chi connectivity index (χ1) is 12.2. The summed E-state index contributed by atoms with van der Waals surface area (Å²) < 4.78 is 5.90. The first-order valence-electron chi connectivity index (χ1n) is 8.91. The SMILES string of the molecule is Cc1cccc2c1OCC(NC(=O)N1CCCC1c1ccncc1)C2. The molecule has 2 aliphatic rings. The van der Waals surface area contributed by atoms with Gasteiger partial charge in [-0.15, -0.1) is 0 Å². The Morgan fingerprint density at radius 3 is 2.96 bits per heavy atom. The molecule has 2 atom stereocenters. The van der Waals surface area contributed by atoms with E-state index in [2.05, 4.69) is 29.4 Å². The normalized spacial score (nSPS) is 22.2. The standard InChI is InChI=1S/C20H23N3O2/c1-14-4-2-5-16-12-17(13-25-19(14)16)22-20(24)23-11-3-6-18(23)15-7-9-21-10-8-15/h2,4-5,7-10,17-18H,3,6,11-13H2,1H3,(H,22,24). The third kappa shape index (κ3) is 3.18. The van der Waals surface area contributed by atoms with Crippen LogP contribution in [0.15, 0.2) is 42.7 Å². The maximum Gasteiger partial charge on any atom is 0.318 e. The number of likely N-dealkylation sites (tertiary alicyclic amines) is 1. The highest BCUT2D eigenvalue weighted by molar-refractivity contribution is 5.75. The molecule has 2 unspecified atom stereocenters. The Balaban J connectivity index is 1.44. The summed E-state index contributed by atoms with van der Waals surface area (Å²) in [6.07, 6.45) is 6.43. The number of pyridine rings is 1. The fourth-order valence-corrected chi connectivity index (χ4v) is 3.88. The second kappa shape index (κ2) is 6.75. The molecule has 1 fully saturated rings. The average molecular weight is 337 g/mol. The number of ether oxygens (including phenoxy) is 1. The van der Waals surface area contributed by atoms with Crippen molar-refractivity contribution < 1.29 is 9.53 Å². The Kier molecular flexibility index (Phi) is 4.30. The molecule has 2 aliphatic heterocycles. The van der Waals surface area contributed by atoms with Crippen LogP contribution in [0.4, 0.5) is 4.79 Å². The Morgan fingerprint density at radius 2 is 2.12 bits per heavy atom. The number of hydrogen-bond donors (Lipinski definition) is 1. The van der Waals surface area contributed by atoms with Crippen molar-refractivity contribution in [2.45, 2.75) is 38.3 Å². The molecule has 1 N–H and O–H groups in total. The number of carbonyl (C=O) groups excluding carboxylic acids is 1. The Bertz CT molecular complexity index is 763. The van der Waals surface area contributed by atoms with E-state index < -0.39 is 0 Å². The number of benzene rings is 1. The van der Waals surface area contributed by atoms with Crippen LogP contribution in [0.5, 0.6) is 5.75 Å². The number of amides is 2. The molecule has 130 valence electrons. The quantitative estimate of drug-likeness (QED) is 0.915. The van der Waals surface area contributed by atoms with Crippen molar-refractivity contribution in [2.75, 3.05) is 13.2 Å². The van der Waals surface area contributed by atoms with Gasteiger partial charge in [-0.2, -0.15) is 0 Å². The van der Waals surface area contributed by atoms with Crippen molar-refractivity contribution in [2.24, 2.45) is 0 Å². The summed E-state index contributed by atoms with van der Waals surface area (Å²) in [4.78, 5) is 18.8. The van der Waals surface area contributed by atoms with Crippen molar-refractivity contribution in [1.29, 1.82) is 0 Å². The molecule has 1 aromatic carbocycles. The highest BCUT2D eigenvalue weighted by Gasteiger charge is 2.32. The van der Waals surface area contributed by atoms with Crippen molar-refractivity contribution in [3.63, 3.8) is 0 Å². The van der Waals surface area contributed by atoms with Gasteiger partial charge >= 0.3 is 6.03 Å². The van der Waals surface area contributed by atoms with E-state index in [0.717, 1.165) is 42.7 Å². The van der Waals surface area contributed by atoms with Crippen LogP contribution in [0.25, 0.3) is 0 Å². The fourth-order valence-electron chi connectivity index (χ4n) is 3.88. The van der Waals surface area contributed by atoms with Crippen LogP contribution in [0.2, 0.25) is 0 Å². The molecule has 25 heavy (non-hydrogen) atoms. The number of fused-ring (bicyclic) bond motifs is 1. The lowest BCUT2D eigenvalue weighted by Crippen LogP contribution is -2.48. The monoisotopic (exact) mass is 337 g/mol. The highest BCUT2D eigenvalue weighted by Crippen LogP contribution is 2.32. The third-order valence-corrected chi connectivity index (χ3v) is 5.12. The number of rotatable bonds is 2. The van der Waals surface area contributed by atoms with Crippen molar-refractivity contribution >= 4 is 6.03 Å². The van der Waals surface area contributed by atoms with Gasteiger partial charge in [-0.1, -0.05) is 18.2 Å². The number of nitrogens with zero attached hydrogens (tertiary/aromatic N) is 2. The van der Waals surface area contributed by atoms with E-state index in [1.54, 1.807) is 12.4 Å². The molecule has 0 spiro atoms. The van der Waals surface area contributed by atoms with Crippen LogP contribution < -0.4 is 10.1 Å². The molecule has 4 rings (SSSR count). The van der Waals surface area contributed by atoms with E-state index >= 15 is 0 Å². The maximum absolute atomic E-state index is 12.8. The van der Waals surface area contributed by atoms with Gasteiger partial charge in [-0.3, -0.25) is 4.98 Å². The van der Waals surface area contributed by atoms with Gasteiger partial charge in [0.1, 0.15) is 12.4 Å².